The van der Waals surface area contributed by atoms with Gasteiger partial charge in [-0.05, 0) is 37.5 Å². The van der Waals surface area contributed by atoms with Gasteiger partial charge in [-0.3, -0.25) is 9.59 Å². The van der Waals surface area contributed by atoms with Crippen LogP contribution in [0.2, 0.25) is 0 Å². The van der Waals surface area contributed by atoms with E-state index in [4.69, 9.17) is 4.74 Å². The second-order valence-corrected chi connectivity index (χ2v) is 5.68. The minimum absolute atomic E-state index is 0.118. The standard InChI is InChI=1S/C16H20N2O3/c1-11(19)17-12-5-6-15-13(9-12)14(10-21-15)16(20)18-7-3-2-4-8-18/h5-6,9,14H,2-4,7-8,10H2,1H3,(H,17,19). The molecule has 21 heavy (non-hydrogen) atoms. The molecule has 0 aromatic heterocycles. The number of carbonyl (C=O) groups excluding carboxylic acids is 2. The minimum atomic E-state index is -0.244. The Balaban J connectivity index is 1.81. The molecule has 0 bridgehead atoms. The summed E-state index contributed by atoms with van der Waals surface area (Å²) >= 11 is 0. The van der Waals surface area contributed by atoms with E-state index in [1.807, 2.05) is 17.0 Å². The summed E-state index contributed by atoms with van der Waals surface area (Å²) in [5.74, 6) is 0.535. The molecule has 1 atom stereocenters. The number of benzene rings is 1. The van der Waals surface area contributed by atoms with Gasteiger partial charge in [0.1, 0.15) is 18.3 Å². The smallest absolute Gasteiger partial charge is 0.233 e. The Morgan fingerprint density at radius 3 is 2.71 bits per heavy atom. The van der Waals surface area contributed by atoms with E-state index in [-0.39, 0.29) is 17.7 Å². The van der Waals surface area contributed by atoms with Crippen LogP contribution in [-0.2, 0) is 9.59 Å². The quantitative estimate of drug-likeness (QED) is 0.907. The lowest BCUT2D eigenvalue weighted by atomic mass is 9.98. The highest BCUT2D eigenvalue weighted by atomic mass is 16.5. The van der Waals surface area contributed by atoms with Crippen molar-refractivity contribution in [3.63, 3.8) is 0 Å². The Hall–Kier alpha value is -2.04. The van der Waals surface area contributed by atoms with Gasteiger partial charge in [-0.1, -0.05) is 0 Å². The van der Waals surface area contributed by atoms with Gasteiger partial charge in [-0.15, -0.1) is 0 Å². The van der Waals surface area contributed by atoms with Crippen LogP contribution in [0.1, 0.15) is 37.7 Å². The normalized spacial score (nSPS) is 20.6. The molecule has 1 N–H and O–H groups in total. The van der Waals surface area contributed by atoms with Gasteiger partial charge in [0.25, 0.3) is 0 Å². The van der Waals surface area contributed by atoms with Crippen LogP contribution in [0.4, 0.5) is 5.69 Å². The highest BCUT2D eigenvalue weighted by Crippen LogP contribution is 2.37. The van der Waals surface area contributed by atoms with E-state index in [2.05, 4.69) is 5.32 Å². The number of piperidine rings is 1. The van der Waals surface area contributed by atoms with Crippen molar-refractivity contribution in [2.75, 3.05) is 25.0 Å². The number of hydrogen-bond donors (Lipinski definition) is 1. The third-order valence-electron chi connectivity index (χ3n) is 4.08. The van der Waals surface area contributed by atoms with Gasteiger partial charge >= 0.3 is 0 Å². The number of amides is 2. The third-order valence-corrected chi connectivity index (χ3v) is 4.08. The van der Waals surface area contributed by atoms with Crippen LogP contribution >= 0.6 is 0 Å². The maximum absolute atomic E-state index is 12.7. The Morgan fingerprint density at radius 1 is 1.24 bits per heavy atom. The topological polar surface area (TPSA) is 58.6 Å². The molecule has 3 rings (SSSR count). The van der Waals surface area contributed by atoms with Gasteiger partial charge < -0.3 is 15.0 Å². The summed E-state index contributed by atoms with van der Waals surface area (Å²) in [5, 5.41) is 2.75. The lowest BCUT2D eigenvalue weighted by Crippen LogP contribution is -2.39. The fourth-order valence-electron chi connectivity index (χ4n) is 3.04. The molecule has 0 spiro atoms. The fraction of sp³-hybridized carbons (Fsp3) is 0.500. The van der Waals surface area contributed by atoms with Crippen LogP contribution in [0, 0.1) is 0 Å². The maximum Gasteiger partial charge on any atom is 0.233 e. The third kappa shape index (κ3) is 2.86. The minimum Gasteiger partial charge on any atom is -0.492 e. The van der Waals surface area contributed by atoms with Crippen LogP contribution in [0.5, 0.6) is 5.75 Å². The molecule has 2 amide bonds. The van der Waals surface area contributed by atoms with Crippen molar-refractivity contribution in [3.8, 4) is 5.75 Å². The Morgan fingerprint density at radius 2 is 2.00 bits per heavy atom. The van der Waals surface area contributed by atoms with Gasteiger partial charge in [0.05, 0.1) is 0 Å². The molecule has 1 fully saturated rings. The molecule has 2 heterocycles. The number of anilines is 1. The highest BCUT2D eigenvalue weighted by molar-refractivity contribution is 5.90. The van der Waals surface area contributed by atoms with Crippen LogP contribution in [0.25, 0.3) is 0 Å². The summed E-state index contributed by atoms with van der Waals surface area (Å²) in [5.41, 5.74) is 1.60. The van der Waals surface area contributed by atoms with Crippen molar-refractivity contribution < 1.29 is 14.3 Å². The summed E-state index contributed by atoms with van der Waals surface area (Å²) in [6, 6.07) is 5.48. The summed E-state index contributed by atoms with van der Waals surface area (Å²) in [6.45, 7) is 3.56. The van der Waals surface area contributed by atoms with E-state index in [0.29, 0.717) is 12.3 Å². The van der Waals surface area contributed by atoms with Crippen LogP contribution in [0.15, 0.2) is 18.2 Å². The molecule has 1 unspecified atom stereocenters. The number of nitrogens with zero attached hydrogens (tertiary/aromatic N) is 1. The number of carbonyl (C=O) groups is 2. The Kier molecular flexibility index (Phi) is 3.82. The molecule has 1 aromatic rings. The van der Waals surface area contributed by atoms with Gasteiger partial charge in [0.2, 0.25) is 11.8 Å². The van der Waals surface area contributed by atoms with E-state index < -0.39 is 0 Å². The molecule has 2 aliphatic heterocycles. The van der Waals surface area contributed by atoms with E-state index in [0.717, 1.165) is 37.2 Å². The molecule has 112 valence electrons. The zero-order valence-electron chi connectivity index (χ0n) is 12.2. The van der Waals surface area contributed by atoms with Crippen LogP contribution in [-0.4, -0.2) is 36.4 Å². The van der Waals surface area contributed by atoms with E-state index in [9.17, 15) is 9.59 Å². The predicted molar refractivity (Wildman–Crippen MR) is 79.4 cm³/mol. The second-order valence-electron chi connectivity index (χ2n) is 5.68. The van der Waals surface area contributed by atoms with Crippen LogP contribution in [0.3, 0.4) is 0 Å². The Bertz CT molecular complexity index is 565. The first kappa shape index (κ1) is 13.9. The predicted octanol–water partition coefficient (Wildman–Crippen LogP) is 2.13. The maximum atomic E-state index is 12.7. The lowest BCUT2D eigenvalue weighted by Gasteiger charge is -2.28. The number of hydrogen-bond acceptors (Lipinski definition) is 3. The average molecular weight is 288 g/mol. The molecule has 1 saturated heterocycles. The monoisotopic (exact) mass is 288 g/mol. The average Bonchev–Trinajstić information content (AvgIpc) is 2.90. The first-order valence-corrected chi connectivity index (χ1v) is 7.48. The molecule has 5 heteroatoms. The van der Waals surface area contributed by atoms with Crippen molar-refractivity contribution in [1.82, 2.24) is 4.90 Å². The van der Waals surface area contributed by atoms with E-state index in [1.54, 1.807) is 6.07 Å². The molecule has 2 aliphatic rings. The van der Waals surface area contributed by atoms with Crippen molar-refractivity contribution in [2.45, 2.75) is 32.1 Å². The van der Waals surface area contributed by atoms with Crippen molar-refractivity contribution >= 4 is 17.5 Å². The summed E-state index contributed by atoms with van der Waals surface area (Å²) in [6.07, 6.45) is 3.37. The van der Waals surface area contributed by atoms with E-state index in [1.165, 1.54) is 13.3 Å². The number of ether oxygens (including phenoxy) is 1. The molecule has 0 radical (unpaired) electrons. The van der Waals surface area contributed by atoms with Crippen molar-refractivity contribution in [2.24, 2.45) is 0 Å². The van der Waals surface area contributed by atoms with Gasteiger partial charge in [-0.25, -0.2) is 0 Å². The molecule has 0 saturated carbocycles. The zero-order valence-corrected chi connectivity index (χ0v) is 12.2. The first-order chi connectivity index (χ1) is 10.1. The SMILES string of the molecule is CC(=O)Nc1ccc2c(c1)C(C(=O)N1CCCCC1)CO2. The summed E-state index contributed by atoms with van der Waals surface area (Å²) in [4.78, 5) is 25.8. The number of likely N-dealkylation sites (tertiary alicyclic amines) is 1. The van der Waals surface area contributed by atoms with Crippen LogP contribution < -0.4 is 10.1 Å². The molecule has 1 aromatic carbocycles. The molecular formula is C16H20N2O3. The second kappa shape index (κ2) is 5.76. The first-order valence-electron chi connectivity index (χ1n) is 7.48. The molecular weight excluding hydrogens is 268 g/mol. The van der Waals surface area contributed by atoms with Gasteiger partial charge in [0, 0.05) is 31.3 Å². The molecule has 0 aliphatic carbocycles. The summed E-state index contributed by atoms with van der Waals surface area (Å²) < 4.78 is 5.62. The number of fused-ring (bicyclic) bond motifs is 1. The zero-order chi connectivity index (χ0) is 14.8. The fourth-order valence-corrected chi connectivity index (χ4v) is 3.04. The number of nitrogens with one attached hydrogen (secondary N) is 1. The highest BCUT2D eigenvalue weighted by Gasteiger charge is 2.34. The largest absolute Gasteiger partial charge is 0.492 e. The van der Waals surface area contributed by atoms with Gasteiger partial charge in [-0.2, -0.15) is 0 Å². The lowest BCUT2D eigenvalue weighted by molar-refractivity contribution is -0.133. The molecule has 5 nitrogen and oxygen atoms in total. The Labute approximate surface area is 124 Å². The van der Waals surface area contributed by atoms with E-state index >= 15 is 0 Å². The number of rotatable bonds is 2. The van der Waals surface area contributed by atoms with Gasteiger partial charge in [0.15, 0.2) is 0 Å². The van der Waals surface area contributed by atoms with Crippen molar-refractivity contribution in [3.05, 3.63) is 23.8 Å². The summed E-state index contributed by atoms with van der Waals surface area (Å²) in [7, 11) is 0. The van der Waals surface area contributed by atoms with Crippen molar-refractivity contribution in [1.29, 1.82) is 0 Å².